The summed E-state index contributed by atoms with van der Waals surface area (Å²) < 4.78 is 0. The number of aliphatic carboxylic acids is 1. The van der Waals surface area contributed by atoms with E-state index < -0.39 is 5.97 Å². The van der Waals surface area contributed by atoms with Crippen molar-refractivity contribution in [3.05, 3.63) is 12.2 Å². The van der Waals surface area contributed by atoms with Crippen LogP contribution in [0.25, 0.3) is 0 Å². The number of rotatable bonds is 1. The summed E-state index contributed by atoms with van der Waals surface area (Å²) in [4.78, 5) is 10.7. The van der Waals surface area contributed by atoms with E-state index in [-0.39, 0.29) is 30.3 Å². The molecule has 3 nitrogen and oxygen atoms in total. The average molecular weight is 190 g/mol. The molecule has 0 aliphatic heterocycles. The molecule has 0 saturated heterocycles. The fraction of sp³-hybridized carbons (Fsp3) is 0.625. The van der Waals surface area contributed by atoms with Gasteiger partial charge in [-0.1, -0.05) is 12.2 Å². The summed E-state index contributed by atoms with van der Waals surface area (Å²) in [5, 5.41) is 8.79. The summed E-state index contributed by atoms with van der Waals surface area (Å²) in [6, 6.07) is -0.150. The Morgan fingerprint density at radius 1 is 1.42 bits per heavy atom. The smallest absolute Gasteiger partial charge is 0.308 e. The molecule has 0 spiro atoms. The highest BCUT2D eigenvalue weighted by Gasteiger charge is 2.46. The number of hydrogen-bond donors (Lipinski definition) is 2. The molecule has 0 amide bonds. The topological polar surface area (TPSA) is 63.3 Å². The highest BCUT2D eigenvalue weighted by Crippen LogP contribution is 2.42. The monoisotopic (exact) mass is 189 g/mol. The van der Waals surface area contributed by atoms with Crippen molar-refractivity contribution < 1.29 is 9.90 Å². The van der Waals surface area contributed by atoms with Crippen LogP contribution in [0.1, 0.15) is 6.42 Å². The van der Waals surface area contributed by atoms with E-state index in [1.807, 2.05) is 6.08 Å². The number of carbonyl (C=O) groups is 1. The van der Waals surface area contributed by atoms with E-state index in [0.29, 0.717) is 5.92 Å². The van der Waals surface area contributed by atoms with Gasteiger partial charge in [-0.25, -0.2) is 0 Å². The molecule has 0 heterocycles. The van der Waals surface area contributed by atoms with Gasteiger partial charge in [0.1, 0.15) is 0 Å². The minimum atomic E-state index is -0.741. The molecule has 0 radical (unpaired) electrons. The van der Waals surface area contributed by atoms with Gasteiger partial charge in [0.2, 0.25) is 0 Å². The maximum absolute atomic E-state index is 10.7. The van der Waals surface area contributed by atoms with E-state index in [2.05, 4.69) is 6.08 Å². The molecule has 4 atom stereocenters. The minimum Gasteiger partial charge on any atom is -0.481 e. The van der Waals surface area contributed by atoms with Crippen LogP contribution in [-0.2, 0) is 4.79 Å². The molecule has 2 bridgehead atoms. The van der Waals surface area contributed by atoms with Crippen LogP contribution in [0.15, 0.2) is 12.2 Å². The minimum absolute atomic E-state index is 0. The van der Waals surface area contributed by atoms with Crippen LogP contribution in [0.2, 0.25) is 0 Å². The number of halogens is 1. The second-order valence-corrected chi connectivity index (χ2v) is 3.39. The van der Waals surface area contributed by atoms with Gasteiger partial charge in [-0.15, -0.1) is 12.4 Å². The summed E-state index contributed by atoms with van der Waals surface area (Å²) in [5.41, 5.74) is 5.73. The van der Waals surface area contributed by atoms with Crippen molar-refractivity contribution in [2.45, 2.75) is 12.5 Å². The van der Waals surface area contributed by atoms with Crippen molar-refractivity contribution in [2.24, 2.45) is 23.5 Å². The third kappa shape index (κ3) is 1.13. The Hall–Kier alpha value is -0.540. The first kappa shape index (κ1) is 9.55. The van der Waals surface area contributed by atoms with Gasteiger partial charge in [0.05, 0.1) is 5.92 Å². The molecule has 2 aliphatic rings. The lowest BCUT2D eigenvalue weighted by Crippen LogP contribution is -2.38. The van der Waals surface area contributed by atoms with E-state index in [4.69, 9.17) is 10.8 Å². The number of allylic oxidation sites excluding steroid dienone is 1. The summed E-state index contributed by atoms with van der Waals surface area (Å²) in [7, 11) is 0. The van der Waals surface area contributed by atoms with E-state index >= 15 is 0 Å². The molecule has 0 unspecified atom stereocenters. The molecule has 0 aromatic carbocycles. The molecule has 2 rings (SSSR count). The standard InChI is InChI=1S/C8H11NO2.ClH/c9-7-5-2-1-4(3-5)6(7)8(10)11;/h1-2,4-7H,3,9H2,(H,10,11);1H/t4-,5+,6-,7+;/m1./s1. The van der Waals surface area contributed by atoms with Gasteiger partial charge in [0.15, 0.2) is 0 Å². The Balaban J connectivity index is 0.000000720. The quantitative estimate of drug-likeness (QED) is 0.596. The van der Waals surface area contributed by atoms with Crippen molar-refractivity contribution in [1.29, 1.82) is 0 Å². The number of hydrogen-bond acceptors (Lipinski definition) is 2. The maximum atomic E-state index is 10.7. The fourth-order valence-electron chi connectivity index (χ4n) is 2.21. The van der Waals surface area contributed by atoms with Crippen LogP contribution in [0.4, 0.5) is 0 Å². The largest absolute Gasteiger partial charge is 0.481 e. The molecule has 68 valence electrons. The zero-order valence-electron chi connectivity index (χ0n) is 6.51. The Morgan fingerprint density at radius 2 is 2.00 bits per heavy atom. The normalized spacial score (nSPS) is 42.8. The molecule has 12 heavy (non-hydrogen) atoms. The van der Waals surface area contributed by atoms with Crippen molar-refractivity contribution in [1.82, 2.24) is 0 Å². The molecule has 1 saturated carbocycles. The van der Waals surface area contributed by atoms with Crippen molar-refractivity contribution in [2.75, 3.05) is 0 Å². The predicted molar refractivity (Wildman–Crippen MR) is 47.1 cm³/mol. The highest BCUT2D eigenvalue weighted by molar-refractivity contribution is 5.85. The van der Waals surface area contributed by atoms with Gasteiger partial charge in [0, 0.05) is 6.04 Å². The molecule has 3 N–H and O–H groups in total. The lowest BCUT2D eigenvalue weighted by Gasteiger charge is -2.19. The first-order valence-electron chi connectivity index (χ1n) is 3.87. The summed E-state index contributed by atoms with van der Waals surface area (Å²) in [6.45, 7) is 0. The number of nitrogens with two attached hydrogens (primary N) is 1. The van der Waals surface area contributed by atoms with Crippen LogP contribution >= 0.6 is 12.4 Å². The SMILES string of the molecule is Cl.N[C@@H]1[C@H](C(=O)O)[C@@H]2C=C[C@H]1C2. The molecule has 0 aromatic rings. The predicted octanol–water partition coefficient (Wildman–Crippen LogP) is 0.642. The molecular weight excluding hydrogens is 178 g/mol. The molecular formula is C8H12ClNO2. The second-order valence-electron chi connectivity index (χ2n) is 3.39. The molecule has 2 aliphatic carbocycles. The van der Waals surface area contributed by atoms with Gasteiger partial charge in [-0.2, -0.15) is 0 Å². The number of carboxylic acids is 1. The lowest BCUT2D eigenvalue weighted by molar-refractivity contribution is -0.143. The Labute approximate surface area is 77.0 Å². The van der Waals surface area contributed by atoms with Crippen molar-refractivity contribution in [3.8, 4) is 0 Å². The van der Waals surface area contributed by atoms with Crippen LogP contribution in [0.3, 0.4) is 0 Å². The molecule has 4 heteroatoms. The van der Waals surface area contributed by atoms with Crippen molar-refractivity contribution >= 4 is 18.4 Å². The summed E-state index contributed by atoms with van der Waals surface area (Å²) in [5.74, 6) is -0.548. The van der Waals surface area contributed by atoms with E-state index in [0.717, 1.165) is 6.42 Å². The highest BCUT2D eigenvalue weighted by atomic mass is 35.5. The summed E-state index contributed by atoms with van der Waals surface area (Å²) in [6.07, 6.45) is 4.99. The van der Waals surface area contributed by atoms with E-state index in [1.165, 1.54) is 0 Å². The van der Waals surface area contributed by atoms with Gasteiger partial charge in [-0.3, -0.25) is 4.79 Å². The maximum Gasteiger partial charge on any atom is 0.308 e. The van der Waals surface area contributed by atoms with Gasteiger partial charge in [0.25, 0.3) is 0 Å². The van der Waals surface area contributed by atoms with Crippen LogP contribution < -0.4 is 5.73 Å². The Bertz CT molecular complexity index is 229. The third-order valence-corrected chi connectivity index (χ3v) is 2.81. The van der Waals surface area contributed by atoms with Crippen molar-refractivity contribution in [3.63, 3.8) is 0 Å². The Kier molecular flexibility index (Phi) is 2.44. The lowest BCUT2D eigenvalue weighted by atomic mass is 9.90. The number of carboxylic acid groups (broad SMARTS) is 1. The second kappa shape index (κ2) is 3.07. The van der Waals surface area contributed by atoms with Crippen LogP contribution in [-0.4, -0.2) is 17.1 Å². The van der Waals surface area contributed by atoms with Gasteiger partial charge >= 0.3 is 5.97 Å². The number of fused-ring (bicyclic) bond motifs is 2. The average Bonchev–Trinajstić information content (AvgIpc) is 2.44. The van der Waals surface area contributed by atoms with Crippen LogP contribution in [0.5, 0.6) is 0 Å². The molecule has 1 fully saturated rings. The van der Waals surface area contributed by atoms with Gasteiger partial charge < -0.3 is 10.8 Å². The fourth-order valence-corrected chi connectivity index (χ4v) is 2.21. The zero-order valence-corrected chi connectivity index (χ0v) is 7.33. The first-order chi connectivity index (χ1) is 5.20. The molecule has 0 aromatic heterocycles. The van der Waals surface area contributed by atoms with Gasteiger partial charge in [-0.05, 0) is 18.3 Å². The van der Waals surface area contributed by atoms with Crippen LogP contribution in [0, 0.1) is 17.8 Å². The first-order valence-corrected chi connectivity index (χ1v) is 3.87. The zero-order chi connectivity index (χ0) is 8.01. The third-order valence-electron chi connectivity index (χ3n) is 2.81. The van der Waals surface area contributed by atoms with E-state index in [9.17, 15) is 4.79 Å². The van der Waals surface area contributed by atoms with E-state index in [1.54, 1.807) is 0 Å². The summed E-state index contributed by atoms with van der Waals surface area (Å²) >= 11 is 0. The Morgan fingerprint density at radius 3 is 2.33 bits per heavy atom.